The first-order valence-corrected chi connectivity index (χ1v) is 6.78. The lowest BCUT2D eigenvalue weighted by atomic mass is 9.86. The fourth-order valence-electron chi connectivity index (χ4n) is 2.13. The van der Waals surface area contributed by atoms with Crippen molar-refractivity contribution in [1.82, 2.24) is 4.90 Å². The maximum Gasteiger partial charge on any atom is 0.0305 e. The minimum Gasteiger partial charge on any atom is -0.329 e. The Morgan fingerprint density at radius 1 is 1.06 bits per heavy atom. The van der Waals surface area contributed by atoms with E-state index in [0.29, 0.717) is 0 Å². The minimum atomic E-state index is 0.147. The van der Waals surface area contributed by atoms with Gasteiger partial charge >= 0.3 is 0 Å². The van der Waals surface area contributed by atoms with Gasteiger partial charge in [-0.05, 0) is 40.7 Å². The van der Waals surface area contributed by atoms with Gasteiger partial charge in [-0.15, -0.1) is 0 Å². The van der Waals surface area contributed by atoms with Crippen molar-refractivity contribution < 1.29 is 0 Å². The van der Waals surface area contributed by atoms with Crippen molar-refractivity contribution in [3.05, 3.63) is 0 Å². The van der Waals surface area contributed by atoms with Crippen molar-refractivity contribution in [3.8, 4) is 0 Å². The van der Waals surface area contributed by atoms with E-state index in [-0.39, 0.29) is 11.1 Å². The zero-order valence-corrected chi connectivity index (χ0v) is 12.3. The predicted octanol–water partition coefficient (Wildman–Crippen LogP) is 3.40. The molecule has 2 nitrogen and oxygen atoms in total. The predicted molar refractivity (Wildman–Crippen MR) is 73.7 cm³/mol. The van der Waals surface area contributed by atoms with Crippen LogP contribution in [-0.4, -0.2) is 29.6 Å². The first kappa shape index (κ1) is 15.9. The highest BCUT2D eigenvalue weighted by atomic mass is 15.2. The summed E-state index contributed by atoms with van der Waals surface area (Å²) >= 11 is 0. The van der Waals surface area contributed by atoms with Crippen LogP contribution >= 0.6 is 0 Å². The molecule has 2 N–H and O–H groups in total. The molecule has 0 aliphatic carbocycles. The van der Waals surface area contributed by atoms with Gasteiger partial charge in [0.05, 0.1) is 0 Å². The van der Waals surface area contributed by atoms with Gasteiger partial charge in [0.2, 0.25) is 0 Å². The largest absolute Gasteiger partial charge is 0.329 e. The van der Waals surface area contributed by atoms with Gasteiger partial charge in [-0.3, -0.25) is 4.90 Å². The van der Waals surface area contributed by atoms with Crippen LogP contribution < -0.4 is 5.73 Å². The first-order valence-electron chi connectivity index (χ1n) is 6.78. The van der Waals surface area contributed by atoms with Crippen LogP contribution in [0.4, 0.5) is 0 Å². The summed E-state index contributed by atoms with van der Waals surface area (Å²) in [6, 6.07) is 0. The summed E-state index contributed by atoms with van der Waals surface area (Å²) in [7, 11) is 2.22. The summed E-state index contributed by atoms with van der Waals surface area (Å²) < 4.78 is 0. The Morgan fingerprint density at radius 2 is 1.62 bits per heavy atom. The van der Waals surface area contributed by atoms with Crippen LogP contribution in [0, 0.1) is 0 Å². The molecule has 0 amide bonds. The summed E-state index contributed by atoms with van der Waals surface area (Å²) in [5.41, 5.74) is 6.38. The third kappa shape index (κ3) is 4.06. The van der Waals surface area contributed by atoms with Crippen LogP contribution in [-0.2, 0) is 0 Å². The summed E-state index contributed by atoms with van der Waals surface area (Å²) in [5, 5.41) is 0. The Balaban J connectivity index is 4.54. The van der Waals surface area contributed by atoms with Gasteiger partial charge in [-0.25, -0.2) is 0 Å². The summed E-state index contributed by atoms with van der Waals surface area (Å²) in [4.78, 5) is 2.48. The van der Waals surface area contributed by atoms with E-state index in [2.05, 4.69) is 46.6 Å². The van der Waals surface area contributed by atoms with E-state index in [1.807, 2.05) is 0 Å². The minimum absolute atomic E-state index is 0.147. The molecule has 98 valence electrons. The molecule has 0 spiro atoms. The molecule has 0 aromatic rings. The van der Waals surface area contributed by atoms with E-state index in [1.54, 1.807) is 0 Å². The van der Waals surface area contributed by atoms with Crippen molar-refractivity contribution in [2.24, 2.45) is 5.73 Å². The Kier molecular flexibility index (Phi) is 6.57. The zero-order chi connectivity index (χ0) is 12.8. The van der Waals surface area contributed by atoms with E-state index in [1.165, 1.54) is 25.7 Å². The highest BCUT2D eigenvalue weighted by Gasteiger charge is 2.35. The fraction of sp³-hybridized carbons (Fsp3) is 1.00. The highest BCUT2D eigenvalue weighted by Crippen LogP contribution is 2.29. The van der Waals surface area contributed by atoms with E-state index in [0.717, 1.165) is 13.0 Å². The molecule has 0 aromatic heterocycles. The van der Waals surface area contributed by atoms with Crippen LogP contribution in [0.15, 0.2) is 0 Å². The molecule has 0 rings (SSSR count). The van der Waals surface area contributed by atoms with Gasteiger partial charge in [0, 0.05) is 17.6 Å². The van der Waals surface area contributed by atoms with E-state index < -0.39 is 0 Å². The van der Waals surface area contributed by atoms with E-state index >= 15 is 0 Å². The van der Waals surface area contributed by atoms with E-state index in [9.17, 15) is 0 Å². The highest BCUT2D eigenvalue weighted by molar-refractivity contribution is 4.93. The number of unbranched alkanes of at least 4 members (excludes halogenated alkanes) is 2. The fourth-order valence-corrected chi connectivity index (χ4v) is 2.13. The van der Waals surface area contributed by atoms with Crippen LogP contribution in [0.5, 0.6) is 0 Å². The van der Waals surface area contributed by atoms with Gasteiger partial charge in [0.25, 0.3) is 0 Å². The maximum absolute atomic E-state index is 6.00. The van der Waals surface area contributed by atoms with Crippen molar-refractivity contribution >= 4 is 0 Å². The molecule has 0 saturated heterocycles. The number of rotatable bonds is 8. The SMILES string of the molecule is CCCCCC(C)(CN)N(C)C(C)(C)CC. The van der Waals surface area contributed by atoms with Crippen LogP contribution in [0.25, 0.3) is 0 Å². The van der Waals surface area contributed by atoms with Gasteiger partial charge in [0.15, 0.2) is 0 Å². The molecule has 16 heavy (non-hydrogen) atoms. The van der Waals surface area contributed by atoms with Crippen molar-refractivity contribution in [3.63, 3.8) is 0 Å². The lowest BCUT2D eigenvalue weighted by molar-refractivity contribution is 0.0281. The van der Waals surface area contributed by atoms with Crippen molar-refractivity contribution in [2.45, 2.75) is 77.8 Å². The molecule has 2 heteroatoms. The monoisotopic (exact) mass is 228 g/mol. The molecule has 0 aromatic carbocycles. The quantitative estimate of drug-likeness (QED) is 0.645. The Labute approximate surface area is 103 Å². The van der Waals surface area contributed by atoms with Crippen LogP contribution in [0.1, 0.15) is 66.7 Å². The molecule has 0 radical (unpaired) electrons. The molecule has 0 heterocycles. The maximum atomic E-state index is 6.00. The Morgan fingerprint density at radius 3 is 2.00 bits per heavy atom. The second kappa shape index (κ2) is 6.61. The number of nitrogens with zero attached hydrogens (tertiary/aromatic N) is 1. The third-order valence-corrected chi connectivity index (χ3v) is 4.34. The normalized spacial score (nSPS) is 16.5. The van der Waals surface area contributed by atoms with Crippen LogP contribution in [0.3, 0.4) is 0 Å². The second-order valence-electron chi connectivity index (χ2n) is 5.88. The van der Waals surface area contributed by atoms with Gasteiger partial charge in [0.1, 0.15) is 0 Å². The smallest absolute Gasteiger partial charge is 0.0305 e. The number of hydrogen-bond donors (Lipinski definition) is 1. The summed E-state index contributed by atoms with van der Waals surface area (Å²) in [5.74, 6) is 0. The Bertz CT molecular complexity index is 189. The molecular weight excluding hydrogens is 196 g/mol. The topological polar surface area (TPSA) is 29.3 Å². The molecule has 1 unspecified atom stereocenters. The molecule has 0 fully saturated rings. The number of nitrogens with two attached hydrogens (primary N) is 1. The van der Waals surface area contributed by atoms with Gasteiger partial charge in [-0.2, -0.15) is 0 Å². The van der Waals surface area contributed by atoms with Crippen molar-refractivity contribution in [1.29, 1.82) is 0 Å². The third-order valence-electron chi connectivity index (χ3n) is 4.34. The van der Waals surface area contributed by atoms with Crippen LogP contribution in [0.2, 0.25) is 0 Å². The first-order chi connectivity index (χ1) is 7.34. The second-order valence-corrected chi connectivity index (χ2v) is 5.88. The molecule has 0 aliphatic heterocycles. The zero-order valence-electron chi connectivity index (χ0n) is 12.3. The molecule has 0 aliphatic rings. The molecule has 1 atom stereocenters. The van der Waals surface area contributed by atoms with Gasteiger partial charge < -0.3 is 5.73 Å². The van der Waals surface area contributed by atoms with Crippen molar-refractivity contribution in [2.75, 3.05) is 13.6 Å². The lowest BCUT2D eigenvalue weighted by Crippen LogP contribution is -2.58. The summed E-state index contributed by atoms with van der Waals surface area (Å²) in [6.45, 7) is 12.2. The summed E-state index contributed by atoms with van der Waals surface area (Å²) in [6.07, 6.45) is 6.25. The standard InChI is InChI=1S/C14H32N2/c1-7-9-10-11-14(5,12-15)16(6)13(3,4)8-2/h7-12,15H2,1-6H3. The lowest BCUT2D eigenvalue weighted by Gasteiger charge is -2.48. The number of hydrogen-bond acceptors (Lipinski definition) is 2. The molecule has 0 bridgehead atoms. The van der Waals surface area contributed by atoms with Gasteiger partial charge in [-0.1, -0.05) is 33.1 Å². The average molecular weight is 228 g/mol. The average Bonchev–Trinajstić information content (AvgIpc) is 2.28. The van der Waals surface area contributed by atoms with E-state index in [4.69, 9.17) is 5.73 Å². The molecule has 0 saturated carbocycles. The molecular formula is C14H32N2. The Hall–Kier alpha value is -0.0800. The number of likely N-dealkylation sites (N-methyl/N-ethyl adjacent to an activating group) is 1.